The molecule has 2 aliphatic rings. The van der Waals surface area contributed by atoms with Crippen molar-refractivity contribution in [3.8, 4) is 0 Å². The van der Waals surface area contributed by atoms with Crippen molar-refractivity contribution in [2.45, 2.75) is 31.4 Å². The van der Waals surface area contributed by atoms with Gasteiger partial charge in [-0.25, -0.2) is 14.4 Å². The maximum Gasteiger partial charge on any atom is 0.147 e. The fourth-order valence-corrected chi connectivity index (χ4v) is 5.56. The number of aromatic nitrogens is 2. The molecule has 0 spiro atoms. The summed E-state index contributed by atoms with van der Waals surface area (Å²) >= 11 is 1.65. The number of benzene rings is 1. The zero-order valence-corrected chi connectivity index (χ0v) is 17.1. The summed E-state index contributed by atoms with van der Waals surface area (Å²) in [7, 11) is 3.44. The molecule has 0 bridgehead atoms. The molecule has 1 atom stereocenters. The second-order valence-electron chi connectivity index (χ2n) is 7.53. The molecule has 150 valence electrons. The van der Waals surface area contributed by atoms with E-state index in [0.29, 0.717) is 24.7 Å². The maximum absolute atomic E-state index is 14.6. The monoisotopic (exact) mass is 412 g/mol. The third-order valence-corrected chi connectivity index (χ3v) is 6.94. The zero-order chi connectivity index (χ0) is 20.0. The molecule has 29 heavy (non-hydrogen) atoms. The van der Waals surface area contributed by atoms with Crippen LogP contribution in [0.5, 0.6) is 0 Å². The largest absolute Gasteiger partial charge is 0.382 e. The Labute approximate surface area is 171 Å². The number of ether oxygens (including phenoxy) is 2. The molecule has 5 rings (SSSR count). The van der Waals surface area contributed by atoms with E-state index in [2.05, 4.69) is 20.3 Å². The number of nitrogens with one attached hydrogen (secondary N) is 1. The lowest BCUT2D eigenvalue weighted by atomic mass is 9.84. The fourth-order valence-electron chi connectivity index (χ4n) is 4.25. The normalized spacial score (nSPS) is 20.1. The molecule has 3 aromatic rings. The van der Waals surface area contributed by atoms with Crippen molar-refractivity contribution >= 4 is 39.3 Å². The van der Waals surface area contributed by atoms with E-state index in [0.717, 1.165) is 40.6 Å². The molecular formula is C21H21FN4O2S. The lowest BCUT2D eigenvalue weighted by molar-refractivity contribution is -0.0714. The number of hydrogen-bond donors (Lipinski definition) is 1. The van der Waals surface area contributed by atoms with Crippen molar-refractivity contribution in [1.29, 1.82) is 0 Å². The van der Waals surface area contributed by atoms with Gasteiger partial charge in [-0.2, -0.15) is 0 Å². The first-order chi connectivity index (χ1) is 14.1. The van der Waals surface area contributed by atoms with E-state index in [1.54, 1.807) is 43.9 Å². The standard InChI is InChI=1S/C21H21FN4O2S/c1-27-10-21(28-2)4-3-14-17(7-21)29-20-18(14)19(24-11-25-20)26-16-6-13-9-23-8-12(13)5-15(16)22/h5-6,9,11H,3-4,7-8,10H2,1-2H3,(H,24,25,26). The first-order valence-corrected chi connectivity index (χ1v) is 10.3. The van der Waals surface area contributed by atoms with Crippen LogP contribution < -0.4 is 5.32 Å². The lowest BCUT2D eigenvalue weighted by Gasteiger charge is -2.35. The van der Waals surface area contributed by atoms with E-state index < -0.39 is 0 Å². The average Bonchev–Trinajstić information content (AvgIpc) is 3.32. The van der Waals surface area contributed by atoms with Gasteiger partial charge in [0.25, 0.3) is 0 Å². The van der Waals surface area contributed by atoms with Crippen LogP contribution in [0.3, 0.4) is 0 Å². The summed E-state index contributed by atoms with van der Waals surface area (Å²) in [5, 5.41) is 4.18. The number of aryl methyl sites for hydroxylation is 1. The van der Waals surface area contributed by atoms with Gasteiger partial charge >= 0.3 is 0 Å². The fraction of sp³-hybridized carbons (Fsp3) is 0.381. The first kappa shape index (κ1) is 18.6. The number of anilines is 2. The van der Waals surface area contributed by atoms with Gasteiger partial charge in [-0.05, 0) is 41.7 Å². The van der Waals surface area contributed by atoms with Crippen molar-refractivity contribution in [2.24, 2.45) is 4.99 Å². The molecule has 0 amide bonds. The van der Waals surface area contributed by atoms with Crippen LogP contribution in [0.1, 0.15) is 28.0 Å². The summed E-state index contributed by atoms with van der Waals surface area (Å²) in [5.74, 6) is 0.335. The molecule has 0 saturated heterocycles. The number of thiophene rings is 1. The lowest BCUT2D eigenvalue weighted by Crippen LogP contribution is -2.41. The molecule has 3 heterocycles. The quantitative estimate of drug-likeness (QED) is 0.685. The molecule has 1 aliphatic heterocycles. The summed E-state index contributed by atoms with van der Waals surface area (Å²) in [4.78, 5) is 15.3. The average molecular weight is 412 g/mol. The molecule has 1 unspecified atom stereocenters. The molecule has 1 aliphatic carbocycles. The zero-order valence-electron chi connectivity index (χ0n) is 16.3. The van der Waals surface area contributed by atoms with Gasteiger partial charge < -0.3 is 14.8 Å². The van der Waals surface area contributed by atoms with Gasteiger partial charge in [0, 0.05) is 31.7 Å². The van der Waals surface area contributed by atoms with Crippen molar-refractivity contribution in [1.82, 2.24) is 9.97 Å². The number of fused-ring (bicyclic) bond motifs is 4. The van der Waals surface area contributed by atoms with E-state index in [4.69, 9.17) is 9.47 Å². The highest BCUT2D eigenvalue weighted by atomic mass is 32.1. The number of rotatable bonds is 5. The van der Waals surface area contributed by atoms with Gasteiger partial charge in [0.2, 0.25) is 0 Å². The Morgan fingerprint density at radius 3 is 3.00 bits per heavy atom. The van der Waals surface area contributed by atoms with Gasteiger partial charge in [0.05, 0.1) is 29.8 Å². The third-order valence-electron chi connectivity index (χ3n) is 5.80. The SMILES string of the molecule is COCC1(OC)CCc2c(sc3ncnc(Nc4cc5c(cc4F)CN=C5)c23)C1. The number of nitrogens with zero attached hydrogens (tertiary/aromatic N) is 3. The second kappa shape index (κ2) is 7.12. The molecule has 8 heteroatoms. The van der Waals surface area contributed by atoms with Crippen LogP contribution in [0.25, 0.3) is 10.2 Å². The molecular weight excluding hydrogens is 391 g/mol. The van der Waals surface area contributed by atoms with Gasteiger partial charge in [-0.3, -0.25) is 4.99 Å². The molecule has 1 N–H and O–H groups in total. The summed E-state index contributed by atoms with van der Waals surface area (Å²) in [6.07, 6.45) is 5.78. The predicted molar refractivity (Wildman–Crippen MR) is 112 cm³/mol. The summed E-state index contributed by atoms with van der Waals surface area (Å²) < 4.78 is 25.9. The number of halogens is 1. The Balaban J connectivity index is 1.55. The van der Waals surface area contributed by atoms with E-state index in [1.165, 1.54) is 16.8 Å². The number of aliphatic imine (C=N–C) groups is 1. The van der Waals surface area contributed by atoms with E-state index in [-0.39, 0.29) is 11.4 Å². The molecule has 2 aromatic heterocycles. The Morgan fingerprint density at radius 2 is 2.17 bits per heavy atom. The first-order valence-electron chi connectivity index (χ1n) is 9.51. The molecule has 0 radical (unpaired) electrons. The van der Waals surface area contributed by atoms with Gasteiger partial charge in [0.15, 0.2) is 0 Å². The van der Waals surface area contributed by atoms with Crippen LogP contribution in [-0.2, 0) is 28.9 Å². The van der Waals surface area contributed by atoms with Crippen molar-refractivity contribution < 1.29 is 13.9 Å². The Kier molecular flexibility index (Phi) is 4.57. The van der Waals surface area contributed by atoms with Crippen LogP contribution in [0.15, 0.2) is 23.5 Å². The minimum Gasteiger partial charge on any atom is -0.382 e. The molecule has 6 nitrogen and oxygen atoms in total. The van der Waals surface area contributed by atoms with Crippen LogP contribution in [0.2, 0.25) is 0 Å². The van der Waals surface area contributed by atoms with E-state index >= 15 is 0 Å². The Morgan fingerprint density at radius 1 is 1.28 bits per heavy atom. The molecule has 0 fully saturated rings. The highest BCUT2D eigenvalue weighted by Gasteiger charge is 2.37. The number of methoxy groups -OCH3 is 2. The second-order valence-corrected chi connectivity index (χ2v) is 8.61. The highest BCUT2D eigenvalue weighted by molar-refractivity contribution is 7.19. The summed E-state index contributed by atoms with van der Waals surface area (Å²) in [5.41, 5.74) is 3.16. The highest BCUT2D eigenvalue weighted by Crippen LogP contribution is 2.42. The van der Waals surface area contributed by atoms with Gasteiger partial charge in [0.1, 0.15) is 22.8 Å². The Bertz CT molecular complexity index is 1130. The van der Waals surface area contributed by atoms with Gasteiger partial charge in [-0.15, -0.1) is 11.3 Å². The maximum atomic E-state index is 14.6. The predicted octanol–water partition coefficient (Wildman–Crippen LogP) is 4.03. The summed E-state index contributed by atoms with van der Waals surface area (Å²) in [6.45, 7) is 1.08. The van der Waals surface area contributed by atoms with Crippen LogP contribution in [0, 0.1) is 5.82 Å². The molecule has 0 saturated carbocycles. The van der Waals surface area contributed by atoms with E-state index in [1.807, 2.05) is 0 Å². The molecule has 1 aromatic carbocycles. The number of hydrogen-bond acceptors (Lipinski definition) is 7. The topological polar surface area (TPSA) is 68.6 Å². The van der Waals surface area contributed by atoms with Crippen molar-refractivity contribution in [2.75, 3.05) is 26.1 Å². The van der Waals surface area contributed by atoms with Crippen LogP contribution in [0.4, 0.5) is 15.9 Å². The van der Waals surface area contributed by atoms with Crippen LogP contribution in [-0.4, -0.2) is 42.6 Å². The van der Waals surface area contributed by atoms with E-state index in [9.17, 15) is 4.39 Å². The Hall–Kier alpha value is -2.42. The minimum absolute atomic E-state index is 0.302. The summed E-state index contributed by atoms with van der Waals surface area (Å²) in [6, 6.07) is 3.34. The minimum atomic E-state index is -0.310. The van der Waals surface area contributed by atoms with Crippen molar-refractivity contribution in [3.63, 3.8) is 0 Å². The smallest absolute Gasteiger partial charge is 0.147 e. The van der Waals surface area contributed by atoms with Crippen LogP contribution >= 0.6 is 11.3 Å². The third kappa shape index (κ3) is 3.11. The van der Waals surface area contributed by atoms with Gasteiger partial charge in [-0.1, -0.05) is 0 Å². The van der Waals surface area contributed by atoms with Crippen molar-refractivity contribution in [3.05, 3.63) is 45.8 Å².